The lowest BCUT2D eigenvalue weighted by atomic mass is 10.0. The van der Waals surface area contributed by atoms with Gasteiger partial charge in [-0.2, -0.15) is 0 Å². The number of aryl methyl sites for hydroxylation is 1. The number of hydrogen-bond acceptors (Lipinski definition) is 5. The summed E-state index contributed by atoms with van der Waals surface area (Å²) >= 11 is 3.24. The van der Waals surface area contributed by atoms with Gasteiger partial charge in [-0.25, -0.2) is 4.98 Å². The van der Waals surface area contributed by atoms with Gasteiger partial charge in [-0.15, -0.1) is 22.7 Å². The van der Waals surface area contributed by atoms with E-state index in [9.17, 15) is 4.79 Å². The molecule has 1 fully saturated rings. The molecule has 148 valence electrons. The van der Waals surface area contributed by atoms with Crippen LogP contribution in [0, 0.1) is 6.92 Å². The minimum atomic E-state index is 0.103. The standard InChI is InChI=1S/C23H23N3OS2/c1-15-5-3-6-16(13-15)21-24-22-20(18(14-29-22)19-7-4-12-28-19)23(27)26(21)17-8-10-25(2)11-9-17/h3-7,12-14,17H,8-11H2,1-2H3. The summed E-state index contributed by atoms with van der Waals surface area (Å²) in [5, 5.41) is 4.92. The molecule has 0 atom stereocenters. The van der Waals surface area contributed by atoms with Gasteiger partial charge in [0, 0.05) is 27.4 Å². The number of aromatic nitrogens is 2. The lowest BCUT2D eigenvalue weighted by Crippen LogP contribution is -2.36. The van der Waals surface area contributed by atoms with Gasteiger partial charge in [-0.3, -0.25) is 9.36 Å². The molecule has 1 aromatic carbocycles. The Morgan fingerprint density at radius 1 is 1.10 bits per heavy atom. The maximum absolute atomic E-state index is 13.9. The van der Waals surface area contributed by atoms with Gasteiger partial charge in [0.05, 0.1) is 5.39 Å². The highest BCUT2D eigenvalue weighted by molar-refractivity contribution is 7.18. The third-order valence-electron chi connectivity index (χ3n) is 5.76. The first-order chi connectivity index (χ1) is 14.1. The van der Waals surface area contributed by atoms with E-state index in [1.54, 1.807) is 22.7 Å². The molecule has 0 bridgehead atoms. The zero-order chi connectivity index (χ0) is 20.0. The van der Waals surface area contributed by atoms with Gasteiger partial charge in [0.1, 0.15) is 10.7 Å². The van der Waals surface area contributed by atoms with Crippen molar-refractivity contribution >= 4 is 32.9 Å². The molecule has 0 radical (unpaired) electrons. The zero-order valence-corrected chi connectivity index (χ0v) is 18.2. The molecule has 6 heteroatoms. The molecule has 0 amide bonds. The van der Waals surface area contributed by atoms with E-state index in [0.29, 0.717) is 0 Å². The van der Waals surface area contributed by atoms with E-state index in [0.717, 1.165) is 58.0 Å². The maximum atomic E-state index is 13.9. The Morgan fingerprint density at radius 2 is 1.93 bits per heavy atom. The number of fused-ring (bicyclic) bond motifs is 1. The van der Waals surface area contributed by atoms with Gasteiger partial charge in [0.25, 0.3) is 5.56 Å². The van der Waals surface area contributed by atoms with Crippen molar-refractivity contribution in [3.63, 3.8) is 0 Å². The van der Waals surface area contributed by atoms with Gasteiger partial charge in [0.15, 0.2) is 0 Å². The molecule has 0 saturated carbocycles. The monoisotopic (exact) mass is 421 g/mol. The van der Waals surface area contributed by atoms with E-state index in [1.165, 1.54) is 5.56 Å². The molecule has 0 aliphatic carbocycles. The van der Waals surface area contributed by atoms with Gasteiger partial charge in [-0.1, -0.05) is 29.8 Å². The number of piperidine rings is 1. The molecule has 0 N–H and O–H groups in total. The number of likely N-dealkylation sites (tertiary alicyclic amines) is 1. The van der Waals surface area contributed by atoms with Crippen molar-refractivity contribution in [3.05, 3.63) is 63.1 Å². The summed E-state index contributed by atoms with van der Waals surface area (Å²) in [4.78, 5) is 23.2. The van der Waals surface area contributed by atoms with Crippen LogP contribution in [0.15, 0.2) is 52.0 Å². The zero-order valence-electron chi connectivity index (χ0n) is 16.6. The summed E-state index contributed by atoms with van der Waals surface area (Å²) in [6.07, 6.45) is 1.95. The average Bonchev–Trinajstić information content (AvgIpc) is 3.38. The van der Waals surface area contributed by atoms with Crippen LogP contribution in [0.5, 0.6) is 0 Å². The maximum Gasteiger partial charge on any atom is 0.263 e. The van der Waals surface area contributed by atoms with Crippen LogP contribution in [0.4, 0.5) is 0 Å². The summed E-state index contributed by atoms with van der Waals surface area (Å²) in [6, 6.07) is 12.6. The van der Waals surface area contributed by atoms with Crippen molar-refractivity contribution in [2.75, 3.05) is 20.1 Å². The van der Waals surface area contributed by atoms with Crippen molar-refractivity contribution in [1.29, 1.82) is 0 Å². The van der Waals surface area contributed by atoms with Crippen LogP contribution in [0.25, 0.3) is 32.0 Å². The third-order valence-corrected chi connectivity index (χ3v) is 7.53. The predicted molar refractivity (Wildman–Crippen MR) is 123 cm³/mol. The normalized spacial score (nSPS) is 15.9. The second-order valence-electron chi connectivity index (χ2n) is 7.82. The van der Waals surface area contributed by atoms with Crippen LogP contribution >= 0.6 is 22.7 Å². The Balaban J connectivity index is 1.77. The van der Waals surface area contributed by atoms with Crippen LogP contribution < -0.4 is 5.56 Å². The van der Waals surface area contributed by atoms with Crippen molar-refractivity contribution in [3.8, 4) is 21.8 Å². The molecule has 1 aliphatic heterocycles. The van der Waals surface area contributed by atoms with Gasteiger partial charge in [0.2, 0.25) is 0 Å². The molecule has 1 saturated heterocycles. The molecule has 5 rings (SSSR count). The predicted octanol–water partition coefficient (Wildman–Crippen LogP) is 5.43. The quantitative estimate of drug-likeness (QED) is 0.443. The SMILES string of the molecule is Cc1cccc(-c2nc3scc(-c4cccs4)c3c(=O)n2C2CCN(C)CC2)c1. The third kappa shape index (κ3) is 3.35. The number of rotatable bonds is 3. The number of nitrogens with zero attached hydrogens (tertiary/aromatic N) is 3. The topological polar surface area (TPSA) is 38.1 Å². The van der Waals surface area contributed by atoms with E-state index in [2.05, 4.69) is 53.9 Å². The fraction of sp³-hybridized carbons (Fsp3) is 0.304. The van der Waals surface area contributed by atoms with Gasteiger partial charge < -0.3 is 4.90 Å². The molecule has 0 unspecified atom stereocenters. The highest BCUT2D eigenvalue weighted by atomic mass is 32.1. The first-order valence-corrected chi connectivity index (χ1v) is 11.7. The Labute approximate surface area is 178 Å². The first-order valence-electron chi connectivity index (χ1n) is 9.95. The van der Waals surface area contributed by atoms with Crippen molar-refractivity contribution in [2.45, 2.75) is 25.8 Å². The Hall–Kier alpha value is -2.28. The second-order valence-corrected chi connectivity index (χ2v) is 9.63. The molecule has 0 spiro atoms. The summed E-state index contributed by atoms with van der Waals surface area (Å²) in [5.74, 6) is 0.806. The Kier molecular flexibility index (Phi) is 4.86. The van der Waals surface area contributed by atoms with Gasteiger partial charge in [-0.05, 0) is 57.4 Å². The van der Waals surface area contributed by atoms with Crippen molar-refractivity contribution in [2.24, 2.45) is 0 Å². The highest BCUT2D eigenvalue weighted by Gasteiger charge is 2.26. The van der Waals surface area contributed by atoms with E-state index < -0.39 is 0 Å². The second kappa shape index (κ2) is 7.52. The molecule has 1 aliphatic rings. The van der Waals surface area contributed by atoms with Gasteiger partial charge >= 0.3 is 0 Å². The van der Waals surface area contributed by atoms with E-state index in [4.69, 9.17) is 4.98 Å². The molecular weight excluding hydrogens is 398 g/mol. The molecule has 4 aromatic rings. The van der Waals surface area contributed by atoms with Crippen molar-refractivity contribution < 1.29 is 0 Å². The highest BCUT2D eigenvalue weighted by Crippen LogP contribution is 2.36. The molecule has 3 aromatic heterocycles. The summed E-state index contributed by atoms with van der Waals surface area (Å²) in [7, 11) is 2.15. The van der Waals surface area contributed by atoms with E-state index >= 15 is 0 Å². The smallest absolute Gasteiger partial charge is 0.263 e. The average molecular weight is 422 g/mol. The number of hydrogen-bond donors (Lipinski definition) is 0. The fourth-order valence-corrected chi connectivity index (χ4v) is 5.95. The molecular formula is C23H23N3OS2. The van der Waals surface area contributed by atoms with Crippen molar-refractivity contribution in [1.82, 2.24) is 14.5 Å². The number of benzene rings is 1. The van der Waals surface area contributed by atoms with E-state index in [1.807, 2.05) is 16.7 Å². The Morgan fingerprint density at radius 3 is 2.66 bits per heavy atom. The van der Waals surface area contributed by atoms with Crippen LogP contribution in [-0.4, -0.2) is 34.6 Å². The van der Waals surface area contributed by atoms with Crippen LogP contribution in [-0.2, 0) is 0 Å². The Bertz CT molecular complexity index is 1210. The molecule has 4 nitrogen and oxygen atoms in total. The minimum Gasteiger partial charge on any atom is -0.306 e. The summed E-state index contributed by atoms with van der Waals surface area (Å²) in [5.41, 5.74) is 3.33. The fourth-order valence-electron chi connectivity index (χ4n) is 4.20. The molecule has 4 heterocycles. The summed E-state index contributed by atoms with van der Waals surface area (Å²) < 4.78 is 1.99. The van der Waals surface area contributed by atoms with Crippen LogP contribution in [0.1, 0.15) is 24.4 Å². The van der Waals surface area contributed by atoms with E-state index in [-0.39, 0.29) is 11.6 Å². The minimum absolute atomic E-state index is 0.103. The summed E-state index contributed by atoms with van der Waals surface area (Å²) in [6.45, 7) is 4.09. The lowest BCUT2D eigenvalue weighted by Gasteiger charge is -2.31. The molecule has 29 heavy (non-hydrogen) atoms. The largest absolute Gasteiger partial charge is 0.306 e. The lowest BCUT2D eigenvalue weighted by molar-refractivity contribution is 0.219. The number of thiophene rings is 2. The van der Waals surface area contributed by atoms with Crippen LogP contribution in [0.3, 0.4) is 0 Å². The van der Waals surface area contributed by atoms with Crippen LogP contribution in [0.2, 0.25) is 0 Å². The first kappa shape index (κ1) is 18.7.